The summed E-state index contributed by atoms with van der Waals surface area (Å²) in [5, 5.41) is 13.5. The third kappa shape index (κ3) is 6.56. The van der Waals surface area contributed by atoms with Gasteiger partial charge in [0.25, 0.3) is 5.91 Å². The van der Waals surface area contributed by atoms with Gasteiger partial charge in [-0.05, 0) is 29.8 Å². The van der Waals surface area contributed by atoms with Gasteiger partial charge < -0.3 is 15.2 Å². The third-order valence-corrected chi connectivity index (χ3v) is 3.84. The second-order valence-electron chi connectivity index (χ2n) is 5.33. The maximum Gasteiger partial charge on any atom is 0.412 e. The number of nitrogens with one attached hydrogen (secondary N) is 2. The van der Waals surface area contributed by atoms with Crippen molar-refractivity contribution in [2.24, 2.45) is 0 Å². The third-order valence-electron chi connectivity index (χ3n) is 3.31. The SMILES string of the molecule is O=C(O)CNC(=O)[C@H](Cc1ccccc1)OC(=O)Nc1ccc(Br)cc1. The molecule has 2 aromatic rings. The van der Waals surface area contributed by atoms with Gasteiger partial charge >= 0.3 is 12.1 Å². The summed E-state index contributed by atoms with van der Waals surface area (Å²) in [5.41, 5.74) is 1.28. The Morgan fingerprint density at radius 1 is 1.04 bits per heavy atom. The molecule has 7 nitrogen and oxygen atoms in total. The lowest BCUT2D eigenvalue weighted by Crippen LogP contribution is -2.42. The normalized spacial score (nSPS) is 11.3. The summed E-state index contributed by atoms with van der Waals surface area (Å²) in [6.07, 6.45) is -1.84. The van der Waals surface area contributed by atoms with Crippen LogP contribution in [0.3, 0.4) is 0 Å². The van der Waals surface area contributed by atoms with Gasteiger partial charge in [-0.25, -0.2) is 4.79 Å². The fourth-order valence-corrected chi connectivity index (χ4v) is 2.37. The summed E-state index contributed by atoms with van der Waals surface area (Å²) in [6.45, 7) is -0.554. The number of amides is 2. The molecule has 0 aliphatic rings. The molecule has 0 radical (unpaired) electrons. The number of ether oxygens (including phenoxy) is 1. The van der Waals surface area contributed by atoms with E-state index in [1.54, 1.807) is 48.5 Å². The topological polar surface area (TPSA) is 105 Å². The van der Waals surface area contributed by atoms with E-state index in [-0.39, 0.29) is 6.42 Å². The van der Waals surface area contributed by atoms with Crippen LogP contribution in [0.1, 0.15) is 5.56 Å². The van der Waals surface area contributed by atoms with Crippen LogP contribution in [-0.4, -0.2) is 35.7 Å². The number of aliphatic carboxylic acids is 1. The molecular weight excluding hydrogens is 404 g/mol. The Morgan fingerprint density at radius 3 is 2.31 bits per heavy atom. The number of halogens is 1. The Labute approximate surface area is 158 Å². The van der Waals surface area contributed by atoms with Crippen LogP contribution in [0.2, 0.25) is 0 Å². The molecular formula is C18H17BrN2O5. The minimum atomic E-state index is -1.18. The van der Waals surface area contributed by atoms with Gasteiger partial charge in [0.2, 0.25) is 0 Å². The van der Waals surface area contributed by atoms with E-state index >= 15 is 0 Å². The maximum absolute atomic E-state index is 12.2. The highest BCUT2D eigenvalue weighted by Crippen LogP contribution is 2.15. The highest BCUT2D eigenvalue weighted by atomic mass is 79.9. The van der Waals surface area contributed by atoms with E-state index in [4.69, 9.17) is 9.84 Å². The number of carboxylic acids is 1. The van der Waals surface area contributed by atoms with Crippen molar-refractivity contribution in [3.63, 3.8) is 0 Å². The zero-order valence-corrected chi connectivity index (χ0v) is 15.2. The van der Waals surface area contributed by atoms with Crippen molar-refractivity contribution in [1.29, 1.82) is 0 Å². The number of rotatable bonds is 7. The first kappa shape index (κ1) is 19.5. The molecule has 0 fully saturated rings. The van der Waals surface area contributed by atoms with Crippen LogP contribution in [0.5, 0.6) is 0 Å². The average molecular weight is 421 g/mol. The van der Waals surface area contributed by atoms with Crippen LogP contribution in [-0.2, 0) is 20.7 Å². The first-order valence-electron chi connectivity index (χ1n) is 7.70. The average Bonchev–Trinajstić information content (AvgIpc) is 2.62. The number of hydrogen-bond donors (Lipinski definition) is 3. The van der Waals surface area contributed by atoms with Gasteiger partial charge in [-0.3, -0.25) is 14.9 Å². The van der Waals surface area contributed by atoms with Gasteiger partial charge in [-0.15, -0.1) is 0 Å². The van der Waals surface area contributed by atoms with E-state index in [2.05, 4.69) is 26.6 Å². The van der Waals surface area contributed by atoms with E-state index in [0.29, 0.717) is 5.69 Å². The fraction of sp³-hybridized carbons (Fsp3) is 0.167. The van der Waals surface area contributed by atoms with Crippen molar-refractivity contribution in [3.05, 3.63) is 64.6 Å². The molecule has 0 saturated carbocycles. The minimum absolute atomic E-state index is 0.125. The van der Waals surface area contributed by atoms with Gasteiger partial charge in [0.05, 0.1) is 0 Å². The molecule has 0 aliphatic heterocycles. The Kier molecular flexibility index (Phi) is 7.16. The molecule has 0 heterocycles. The molecule has 2 amide bonds. The van der Waals surface area contributed by atoms with Crippen LogP contribution < -0.4 is 10.6 Å². The molecule has 26 heavy (non-hydrogen) atoms. The first-order valence-corrected chi connectivity index (χ1v) is 8.50. The summed E-state index contributed by atoms with van der Waals surface area (Å²) in [6, 6.07) is 15.8. The van der Waals surface area contributed by atoms with Crippen molar-refractivity contribution in [2.45, 2.75) is 12.5 Å². The van der Waals surface area contributed by atoms with Crippen molar-refractivity contribution in [2.75, 3.05) is 11.9 Å². The molecule has 136 valence electrons. The Balaban J connectivity index is 2.04. The van der Waals surface area contributed by atoms with Crippen molar-refractivity contribution in [3.8, 4) is 0 Å². The number of anilines is 1. The fourth-order valence-electron chi connectivity index (χ4n) is 2.10. The van der Waals surface area contributed by atoms with Crippen molar-refractivity contribution >= 4 is 39.6 Å². The second kappa shape index (κ2) is 9.57. The first-order chi connectivity index (χ1) is 12.4. The molecule has 0 aromatic heterocycles. The predicted octanol–water partition coefficient (Wildman–Crippen LogP) is 2.81. The standard InChI is InChI=1S/C18H17BrN2O5/c19-13-6-8-14(9-7-13)21-18(25)26-15(17(24)20-11-16(22)23)10-12-4-2-1-3-5-12/h1-9,15H,10-11H2,(H,20,24)(H,21,25)(H,22,23)/t15-/m0/s1. The monoisotopic (exact) mass is 420 g/mol. The Hall–Kier alpha value is -2.87. The predicted molar refractivity (Wildman–Crippen MR) is 98.8 cm³/mol. The Bertz CT molecular complexity index is 765. The number of carbonyl (C=O) groups excluding carboxylic acids is 2. The lowest BCUT2D eigenvalue weighted by Gasteiger charge is -2.17. The van der Waals surface area contributed by atoms with Crippen LogP contribution in [0.25, 0.3) is 0 Å². The molecule has 3 N–H and O–H groups in total. The van der Waals surface area contributed by atoms with Crippen LogP contribution in [0, 0.1) is 0 Å². The number of benzene rings is 2. The molecule has 1 atom stereocenters. The van der Waals surface area contributed by atoms with Crippen LogP contribution in [0.4, 0.5) is 10.5 Å². The van der Waals surface area contributed by atoms with E-state index in [0.717, 1.165) is 10.0 Å². The number of carboxylic acid groups (broad SMARTS) is 1. The Morgan fingerprint density at radius 2 is 1.69 bits per heavy atom. The van der Waals surface area contributed by atoms with Crippen molar-refractivity contribution in [1.82, 2.24) is 5.32 Å². The van der Waals surface area contributed by atoms with Gasteiger partial charge in [-0.1, -0.05) is 46.3 Å². The lowest BCUT2D eigenvalue weighted by molar-refractivity contribution is -0.139. The largest absolute Gasteiger partial charge is 0.480 e. The molecule has 2 aromatic carbocycles. The summed E-state index contributed by atoms with van der Waals surface area (Å²) in [4.78, 5) is 34.9. The molecule has 2 rings (SSSR count). The molecule has 0 unspecified atom stereocenters. The van der Waals surface area contributed by atoms with E-state index in [9.17, 15) is 14.4 Å². The van der Waals surface area contributed by atoms with Crippen LogP contribution >= 0.6 is 15.9 Å². The van der Waals surface area contributed by atoms with Crippen molar-refractivity contribution < 1.29 is 24.2 Å². The second-order valence-corrected chi connectivity index (χ2v) is 6.24. The summed E-state index contributed by atoms with van der Waals surface area (Å²) in [5.74, 6) is -1.86. The maximum atomic E-state index is 12.2. The molecule has 0 saturated heterocycles. The zero-order valence-electron chi connectivity index (χ0n) is 13.6. The van der Waals surface area contributed by atoms with E-state index < -0.39 is 30.6 Å². The summed E-state index contributed by atoms with van der Waals surface area (Å²) >= 11 is 3.29. The summed E-state index contributed by atoms with van der Waals surface area (Å²) in [7, 11) is 0. The lowest BCUT2D eigenvalue weighted by atomic mass is 10.1. The van der Waals surface area contributed by atoms with Gasteiger partial charge in [0.1, 0.15) is 6.54 Å². The number of carbonyl (C=O) groups is 3. The molecule has 0 aliphatic carbocycles. The summed E-state index contributed by atoms with van der Waals surface area (Å²) < 4.78 is 6.07. The minimum Gasteiger partial charge on any atom is -0.480 e. The van der Waals surface area contributed by atoms with Gasteiger partial charge in [0.15, 0.2) is 6.10 Å². The van der Waals surface area contributed by atoms with E-state index in [1.807, 2.05) is 6.07 Å². The van der Waals surface area contributed by atoms with E-state index in [1.165, 1.54) is 0 Å². The molecule has 8 heteroatoms. The van der Waals surface area contributed by atoms with Gasteiger partial charge in [0, 0.05) is 16.6 Å². The highest BCUT2D eigenvalue weighted by Gasteiger charge is 2.24. The molecule has 0 spiro atoms. The zero-order chi connectivity index (χ0) is 18.9. The molecule has 0 bridgehead atoms. The van der Waals surface area contributed by atoms with Crippen LogP contribution in [0.15, 0.2) is 59.1 Å². The highest BCUT2D eigenvalue weighted by molar-refractivity contribution is 9.10. The van der Waals surface area contributed by atoms with Gasteiger partial charge in [-0.2, -0.15) is 0 Å². The number of hydrogen-bond acceptors (Lipinski definition) is 4. The smallest absolute Gasteiger partial charge is 0.412 e. The quantitative estimate of drug-likeness (QED) is 0.638.